The number of aromatic amines is 1. The Labute approximate surface area is 179 Å². The molecular formula is C25H32N4O. The molecule has 1 saturated heterocycles. The van der Waals surface area contributed by atoms with E-state index in [0.29, 0.717) is 13.0 Å². The Bertz CT molecular complexity index is 955. The van der Waals surface area contributed by atoms with E-state index < -0.39 is 0 Å². The van der Waals surface area contributed by atoms with Crippen molar-refractivity contribution in [1.29, 1.82) is 0 Å². The van der Waals surface area contributed by atoms with E-state index in [1.54, 1.807) is 0 Å². The molecule has 0 bridgehead atoms. The average Bonchev–Trinajstić information content (AvgIpc) is 3.21. The molecule has 1 aliphatic heterocycles. The summed E-state index contributed by atoms with van der Waals surface area (Å²) in [6.07, 6.45) is 3.27. The van der Waals surface area contributed by atoms with Gasteiger partial charge < -0.3 is 15.2 Å². The molecule has 1 aliphatic rings. The Morgan fingerprint density at radius 2 is 1.67 bits per heavy atom. The smallest absolute Gasteiger partial charge is 0.220 e. The molecule has 0 radical (unpaired) electrons. The van der Waals surface area contributed by atoms with Crippen molar-refractivity contribution < 1.29 is 4.79 Å². The Hall–Kier alpha value is -2.63. The summed E-state index contributed by atoms with van der Waals surface area (Å²) < 4.78 is 0. The van der Waals surface area contributed by atoms with Crippen LogP contribution in [0.15, 0.2) is 54.7 Å². The summed E-state index contributed by atoms with van der Waals surface area (Å²) in [5, 5.41) is 4.26. The van der Waals surface area contributed by atoms with Crippen LogP contribution in [0.3, 0.4) is 0 Å². The number of benzene rings is 2. The highest BCUT2D eigenvalue weighted by molar-refractivity contribution is 5.84. The van der Waals surface area contributed by atoms with Gasteiger partial charge in [0.25, 0.3) is 0 Å². The maximum atomic E-state index is 12.3. The number of para-hydroxylation sites is 1. The van der Waals surface area contributed by atoms with Gasteiger partial charge in [0.1, 0.15) is 0 Å². The zero-order valence-electron chi connectivity index (χ0n) is 17.9. The number of rotatable bonds is 8. The van der Waals surface area contributed by atoms with Crippen LogP contribution in [0.1, 0.15) is 30.0 Å². The van der Waals surface area contributed by atoms with Crippen molar-refractivity contribution in [3.8, 4) is 0 Å². The van der Waals surface area contributed by atoms with Gasteiger partial charge in [-0.2, -0.15) is 0 Å². The predicted octanol–water partition coefficient (Wildman–Crippen LogP) is 3.55. The van der Waals surface area contributed by atoms with Crippen molar-refractivity contribution in [2.24, 2.45) is 0 Å². The molecule has 1 fully saturated rings. The first-order valence-electron chi connectivity index (χ1n) is 11.1. The molecule has 2 aromatic carbocycles. The fourth-order valence-electron chi connectivity index (χ4n) is 4.16. The topological polar surface area (TPSA) is 51.4 Å². The minimum absolute atomic E-state index is 0.0955. The first-order valence-corrected chi connectivity index (χ1v) is 11.1. The number of aromatic nitrogens is 1. The number of amides is 1. The average molecular weight is 405 g/mol. The highest BCUT2D eigenvalue weighted by Gasteiger charge is 2.15. The molecule has 0 saturated carbocycles. The number of fused-ring (bicyclic) bond motifs is 1. The van der Waals surface area contributed by atoms with Crippen LogP contribution >= 0.6 is 0 Å². The number of nitrogens with one attached hydrogen (secondary N) is 2. The number of likely N-dealkylation sites (N-methyl/N-ethyl adjacent to an activating group) is 1. The Kier molecular flexibility index (Phi) is 6.82. The summed E-state index contributed by atoms with van der Waals surface area (Å²) in [7, 11) is 0. The van der Waals surface area contributed by atoms with Gasteiger partial charge in [0, 0.05) is 62.8 Å². The lowest BCUT2D eigenvalue weighted by molar-refractivity contribution is -0.121. The highest BCUT2D eigenvalue weighted by Crippen LogP contribution is 2.19. The maximum Gasteiger partial charge on any atom is 0.220 e. The zero-order chi connectivity index (χ0) is 20.8. The highest BCUT2D eigenvalue weighted by atomic mass is 16.1. The maximum absolute atomic E-state index is 12.3. The van der Waals surface area contributed by atoms with Crippen LogP contribution in [0.25, 0.3) is 10.9 Å². The lowest BCUT2D eigenvalue weighted by Gasteiger charge is -2.34. The third-order valence-electron chi connectivity index (χ3n) is 6.13. The number of carbonyl (C=O) groups excluding carboxylic acids is 1. The summed E-state index contributed by atoms with van der Waals surface area (Å²) in [5.41, 5.74) is 4.81. The molecule has 1 amide bonds. The molecule has 4 rings (SSSR count). The van der Waals surface area contributed by atoms with Crippen LogP contribution in [-0.4, -0.2) is 53.4 Å². The van der Waals surface area contributed by atoms with E-state index in [2.05, 4.69) is 63.4 Å². The van der Waals surface area contributed by atoms with Crippen molar-refractivity contribution >= 4 is 16.8 Å². The van der Waals surface area contributed by atoms with Gasteiger partial charge in [-0.3, -0.25) is 9.69 Å². The predicted molar refractivity (Wildman–Crippen MR) is 122 cm³/mol. The van der Waals surface area contributed by atoms with Gasteiger partial charge >= 0.3 is 0 Å². The Balaban J connectivity index is 1.20. The van der Waals surface area contributed by atoms with Gasteiger partial charge in [-0.05, 0) is 35.7 Å². The molecule has 5 nitrogen and oxygen atoms in total. The number of hydrogen-bond donors (Lipinski definition) is 2. The Morgan fingerprint density at radius 1 is 0.967 bits per heavy atom. The van der Waals surface area contributed by atoms with Gasteiger partial charge in [-0.1, -0.05) is 49.4 Å². The third-order valence-corrected chi connectivity index (χ3v) is 6.13. The molecular weight excluding hydrogens is 372 g/mol. The van der Waals surface area contributed by atoms with Crippen LogP contribution < -0.4 is 5.32 Å². The van der Waals surface area contributed by atoms with Crippen LogP contribution in [0.2, 0.25) is 0 Å². The second-order valence-corrected chi connectivity index (χ2v) is 8.16. The first-order chi connectivity index (χ1) is 14.7. The fourth-order valence-corrected chi connectivity index (χ4v) is 4.16. The fraction of sp³-hybridized carbons (Fsp3) is 0.400. The quantitative estimate of drug-likeness (QED) is 0.604. The molecule has 30 heavy (non-hydrogen) atoms. The lowest BCUT2D eigenvalue weighted by atomic mass is 10.1. The van der Waals surface area contributed by atoms with Crippen molar-refractivity contribution in [2.45, 2.75) is 32.9 Å². The summed E-state index contributed by atoms with van der Waals surface area (Å²) in [4.78, 5) is 20.6. The van der Waals surface area contributed by atoms with Crippen molar-refractivity contribution in [1.82, 2.24) is 20.1 Å². The summed E-state index contributed by atoms with van der Waals surface area (Å²) in [6.45, 7) is 9.59. The third kappa shape index (κ3) is 5.29. The van der Waals surface area contributed by atoms with E-state index in [0.717, 1.165) is 43.7 Å². The standard InChI is InChI=1S/C25H32N4O/c1-2-28-13-15-29(16-14-28)19-21-9-7-20(8-10-21)17-27-25(30)12-11-22-18-26-24-6-4-3-5-23(22)24/h3-10,18,26H,2,11-17,19H2,1H3,(H,27,30). The van der Waals surface area contributed by atoms with Crippen molar-refractivity contribution in [2.75, 3.05) is 32.7 Å². The molecule has 2 heterocycles. The molecule has 2 N–H and O–H groups in total. The van der Waals surface area contributed by atoms with E-state index in [-0.39, 0.29) is 5.91 Å². The van der Waals surface area contributed by atoms with Gasteiger partial charge in [0.2, 0.25) is 5.91 Å². The molecule has 1 aromatic heterocycles. The number of carbonyl (C=O) groups is 1. The van der Waals surface area contributed by atoms with Crippen LogP contribution in [0, 0.1) is 0 Å². The molecule has 0 aliphatic carbocycles. The summed E-state index contributed by atoms with van der Waals surface area (Å²) in [6, 6.07) is 16.9. The van der Waals surface area contributed by atoms with Gasteiger partial charge in [-0.15, -0.1) is 0 Å². The number of nitrogens with zero attached hydrogens (tertiary/aromatic N) is 2. The van der Waals surface area contributed by atoms with E-state index in [1.807, 2.05) is 18.3 Å². The van der Waals surface area contributed by atoms with E-state index in [4.69, 9.17) is 0 Å². The van der Waals surface area contributed by atoms with E-state index in [1.165, 1.54) is 29.6 Å². The first kappa shape index (κ1) is 20.6. The number of aryl methyl sites for hydroxylation is 1. The number of H-pyrrole nitrogens is 1. The minimum Gasteiger partial charge on any atom is -0.361 e. The number of piperazine rings is 1. The lowest BCUT2D eigenvalue weighted by Crippen LogP contribution is -2.45. The van der Waals surface area contributed by atoms with E-state index in [9.17, 15) is 4.79 Å². The van der Waals surface area contributed by atoms with Crippen LogP contribution in [0.5, 0.6) is 0 Å². The SMILES string of the molecule is CCN1CCN(Cc2ccc(CNC(=O)CCc3c[nH]c4ccccc34)cc2)CC1. The molecule has 0 unspecified atom stereocenters. The molecule has 5 heteroatoms. The molecule has 3 aromatic rings. The van der Waals surface area contributed by atoms with Crippen molar-refractivity contribution in [3.63, 3.8) is 0 Å². The van der Waals surface area contributed by atoms with Gasteiger partial charge in [-0.25, -0.2) is 0 Å². The Morgan fingerprint density at radius 3 is 2.43 bits per heavy atom. The second kappa shape index (κ2) is 9.92. The van der Waals surface area contributed by atoms with Gasteiger partial charge in [0.15, 0.2) is 0 Å². The number of hydrogen-bond acceptors (Lipinski definition) is 3. The summed E-state index contributed by atoms with van der Waals surface area (Å²) >= 11 is 0. The van der Waals surface area contributed by atoms with Crippen LogP contribution in [-0.2, 0) is 24.3 Å². The molecule has 0 spiro atoms. The molecule has 158 valence electrons. The summed E-state index contributed by atoms with van der Waals surface area (Å²) in [5.74, 6) is 0.0955. The molecule has 0 atom stereocenters. The van der Waals surface area contributed by atoms with Crippen molar-refractivity contribution in [3.05, 3.63) is 71.4 Å². The minimum atomic E-state index is 0.0955. The normalized spacial score (nSPS) is 15.5. The van der Waals surface area contributed by atoms with E-state index >= 15 is 0 Å². The monoisotopic (exact) mass is 404 g/mol. The zero-order valence-corrected chi connectivity index (χ0v) is 17.9. The largest absolute Gasteiger partial charge is 0.361 e. The van der Waals surface area contributed by atoms with Gasteiger partial charge in [0.05, 0.1) is 0 Å². The van der Waals surface area contributed by atoms with Crippen LogP contribution in [0.4, 0.5) is 0 Å². The second-order valence-electron chi connectivity index (χ2n) is 8.16.